The normalized spacial score (nSPS) is 18.6. The van der Waals surface area contributed by atoms with E-state index in [9.17, 15) is 0 Å². The van der Waals surface area contributed by atoms with Crippen LogP contribution in [-0.2, 0) is 18.9 Å². The van der Waals surface area contributed by atoms with E-state index in [4.69, 9.17) is 18.9 Å². The molecule has 1 fully saturated rings. The van der Waals surface area contributed by atoms with Gasteiger partial charge in [-0.1, -0.05) is 6.08 Å². The van der Waals surface area contributed by atoms with Crippen LogP contribution in [0.1, 0.15) is 12.8 Å². The number of hydrogen-bond acceptors (Lipinski definition) is 4. The Kier molecular flexibility index (Phi) is 8.34. The number of hydrogen-bond donors (Lipinski definition) is 0. The Hall–Kier alpha value is -0.420. The molecule has 0 bridgehead atoms. The lowest BCUT2D eigenvalue weighted by Crippen LogP contribution is -2.10. The Morgan fingerprint density at radius 3 is 2.12 bits per heavy atom. The summed E-state index contributed by atoms with van der Waals surface area (Å²) in [5.74, 6) is 0. The van der Waals surface area contributed by atoms with E-state index in [2.05, 4.69) is 6.58 Å². The maximum atomic E-state index is 5.37. The standard InChI is InChI=1S/C12H22O4/c1-2-3-5-13-7-9-15-10-8-14-6-4-12-11-16-12/h2,12H,1,3-11H2. The highest BCUT2D eigenvalue weighted by molar-refractivity contribution is 4.67. The zero-order valence-electron chi connectivity index (χ0n) is 9.86. The molecule has 0 radical (unpaired) electrons. The number of ether oxygens (including phenoxy) is 4. The summed E-state index contributed by atoms with van der Waals surface area (Å²) < 4.78 is 21.1. The van der Waals surface area contributed by atoms with Crippen LogP contribution in [0.4, 0.5) is 0 Å². The fourth-order valence-corrected chi connectivity index (χ4v) is 1.16. The predicted molar refractivity (Wildman–Crippen MR) is 61.6 cm³/mol. The molecule has 1 unspecified atom stereocenters. The van der Waals surface area contributed by atoms with E-state index in [1.807, 2.05) is 6.08 Å². The van der Waals surface area contributed by atoms with E-state index >= 15 is 0 Å². The summed E-state index contributed by atoms with van der Waals surface area (Å²) in [4.78, 5) is 0. The predicted octanol–water partition coefficient (Wildman–Crippen LogP) is 1.40. The molecule has 1 heterocycles. The minimum Gasteiger partial charge on any atom is -0.379 e. The molecule has 0 aromatic heterocycles. The van der Waals surface area contributed by atoms with Crippen LogP contribution in [0.2, 0.25) is 0 Å². The summed E-state index contributed by atoms with van der Waals surface area (Å²) in [5, 5.41) is 0. The monoisotopic (exact) mass is 230 g/mol. The first kappa shape index (κ1) is 13.6. The Morgan fingerprint density at radius 2 is 1.56 bits per heavy atom. The molecule has 0 amide bonds. The smallest absolute Gasteiger partial charge is 0.0831 e. The van der Waals surface area contributed by atoms with Gasteiger partial charge in [-0.05, 0) is 12.8 Å². The van der Waals surface area contributed by atoms with Crippen LogP contribution in [0.3, 0.4) is 0 Å². The van der Waals surface area contributed by atoms with Crippen molar-refractivity contribution >= 4 is 0 Å². The Balaban J connectivity index is 1.63. The highest BCUT2D eigenvalue weighted by Crippen LogP contribution is 2.12. The Bertz CT molecular complexity index is 168. The quantitative estimate of drug-likeness (QED) is 0.289. The molecule has 0 saturated carbocycles. The third kappa shape index (κ3) is 8.85. The maximum Gasteiger partial charge on any atom is 0.0831 e. The van der Waals surface area contributed by atoms with Crippen molar-refractivity contribution in [3.05, 3.63) is 12.7 Å². The Morgan fingerprint density at radius 1 is 1.00 bits per heavy atom. The third-order valence-electron chi connectivity index (χ3n) is 2.20. The van der Waals surface area contributed by atoms with Gasteiger partial charge >= 0.3 is 0 Å². The van der Waals surface area contributed by atoms with Crippen LogP contribution in [0.15, 0.2) is 12.7 Å². The van der Waals surface area contributed by atoms with Crippen molar-refractivity contribution in [2.45, 2.75) is 18.9 Å². The van der Waals surface area contributed by atoms with Crippen molar-refractivity contribution in [3.63, 3.8) is 0 Å². The summed E-state index contributed by atoms with van der Waals surface area (Å²) in [7, 11) is 0. The van der Waals surface area contributed by atoms with Crippen LogP contribution in [0, 0.1) is 0 Å². The average molecular weight is 230 g/mol. The molecule has 4 nitrogen and oxygen atoms in total. The van der Waals surface area contributed by atoms with Crippen molar-refractivity contribution < 1.29 is 18.9 Å². The summed E-state index contributed by atoms with van der Waals surface area (Å²) in [5.41, 5.74) is 0. The van der Waals surface area contributed by atoms with Gasteiger partial charge in [0.1, 0.15) is 0 Å². The lowest BCUT2D eigenvalue weighted by Gasteiger charge is -2.05. The zero-order valence-corrected chi connectivity index (χ0v) is 9.86. The summed E-state index contributed by atoms with van der Waals surface area (Å²) in [6.07, 6.45) is 4.20. The van der Waals surface area contributed by atoms with Gasteiger partial charge in [0.05, 0.1) is 45.7 Å². The van der Waals surface area contributed by atoms with E-state index in [0.717, 1.165) is 32.7 Å². The van der Waals surface area contributed by atoms with Crippen molar-refractivity contribution in [1.29, 1.82) is 0 Å². The van der Waals surface area contributed by atoms with Gasteiger partial charge in [0.15, 0.2) is 0 Å². The molecule has 1 aliphatic rings. The lowest BCUT2D eigenvalue weighted by molar-refractivity contribution is 0.0142. The summed E-state index contributed by atoms with van der Waals surface area (Å²) >= 11 is 0. The van der Waals surface area contributed by atoms with Crippen molar-refractivity contribution in [2.24, 2.45) is 0 Å². The zero-order chi connectivity index (χ0) is 11.5. The van der Waals surface area contributed by atoms with E-state index in [-0.39, 0.29) is 0 Å². The van der Waals surface area contributed by atoms with Gasteiger partial charge < -0.3 is 18.9 Å². The highest BCUT2D eigenvalue weighted by Gasteiger charge is 2.21. The second-order valence-electron chi connectivity index (χ2n) is 3.66. The van der Waals surface area contributed by atoms with E-state index in [0.29, 0.717) is 32.5 Å². The van der Waals surface area contributed by atoms with Gasteiger partial charge in [0.2, 0.25) is 0 Å². The Labute approximate surface area is 97.5 Å². The molecule has 0 spiro atoms. The molecule has 1 aliphatic heterocycles. The summed E-state index contributed by atoms with van der Waals surface area (Å²) in [6, 6.07) is 0. The average Bonchev–Trinajstić information content (AvgIpc) is 3.10. The van der Waals surface area contributed by atoms with Gasteiger partial charge in [-0.15, -0.1) is 6.58 Å². The topological polar surface area (TPSA) is 40.2 Å². The van der Waals surface area contributed by atoms with Crippen LogP contribution in [0.25, 0.3) is 0 Å². The van der Waals surface area contributed by atoms with Crippen molar-refractivity contribution in [3.8, 4) is 0 Å². The molecule has 0 aromatic rings. The molecule has 94 valence electrons. The molecule has 0 N–H and O–H groups in total. The van der Waals surface area contributed by atoms with Crippen LogP contribution < -0.4 is 0 Å². The minimum absolute atomic E-state index is 0.458. The molecular weight excluding hydrogens is 208 g/mol. The first-order chi connectivity index (χ1) is 7.93. The van der Waals surface area contributed by atoms with Crippen LogP contribution in [0.5, 0.6) is 0 Å². The third-order valence-corrected chi connectivity index (χ3v) is 2.20. The van der Waals surface area contributed by atoms with Gasteiger partial charge in [0, 0.05) is 6.61 Å². The molecule has 4 heteroatoms. The van der Waals surface area contributed by atoms with Crippen molar-refractivity contribution in [2.75, 3.05) is 46.2 Å². The summed E-state index contributed by atoms with van der Waals surface area (Å²) in [6.45, 7) is 8.58. The first-order valence-electron chi connectivity index (χ1n) is 5.89. The van der Waals surface area contributed by atoms with Gasteiger partial charge in [-0.3, -0.25) is 0 Å². The second-order valence-corrected chi connectivity index (χ2v) is 3.66. The minimum atomic E-state index is 0.458. The maximum absolute atomic E-state index is 5.37. The van der Waals surface area contributed by atoms with Gasteiger partial charge in [-0.2, -0.15) is 0 Å². The SMILES string of the molecule is C=CCCOCCOCCOCCC1CO1. The van der Waals surface area contributed by atoms with Gasteiger partial charge in [-0.25, -0.2) is 0 Å². The van der Waals surface area contributed by atoms with E-state index < -0.39 is 0 Å². The van der Waals surface area contributed by atoms with Crippen molar-refractivity contribution in [1.82, 2.24) is 0 Å². The second kappa shape index (κ2) is 9.78. The molecule has 0 aromatic carbocycles. The largest absolute Gasteiger partial charge is 0.379 e. The van der Waals surface area contributed by atoms with E-state index in [1.165, 1.54) is 0 Å². The fourth-order valence-electron chi connectivity index (χ4n) is 1.16. The number of rotatable bonds is 12. The molecule has 0 aliphatic carbocycles. The first-order valence-corrected chi connectivity index (χ1v) is 5.89. The van der Waals surface area contributed by atoms with E-state index in [1.54, 1.807) is 0 Å². The van der Waals surface area contributed by atoms with Crippen LogP contribution >= 0.6 is 0 Å². The fraction of sp³-hybridized carbons (Fsp3) is 0.833. The molecule has 1 rings (SSSR count). The number of epoxide rings is 1. The molecule has 16 heavy (non-hydrogen) atoms. The lowest BCUT2D eigenvalue weighted by atomic mass is 10.3. The molecular formula is C12H22O4. The highest BCUT2D eigenvalue weighted by atomic mass is 16.6. The van der Waals surface area contributed by atoms with Crippen LogP contribution in [-0.4, -0.2) is 52.4 Å². The molecule has 1 saturated heterocycles. The van der Waals surface area contributed by atoms with Gasteiger partial charge in [0.25, 0.3) is 0 Å². The molecule has 1 atom stereocenters.